The van der Waals surface area contributed by atoms with Gasteiger partial charge in [-0.3, -0.25) is 4.90 Å². The summed E-state index contributed by atoms with van der Waals surface area (Å²) < 4.78 is 0. The molecule has 1 fully saturated rings. The van der Waals surface area contributed by atoms with Gasteiger partial charge in [-0.15, -0.1) is 0 Å². The summed E-state index contributed by atoms with van der Waals surface area (Å²) in [6.45, 7) is 8.61. The van der Waals surface area contributed by atoms with Gasteiger partial charge in [0.25, 0.3) is 0 Å². The fourth-order valence-corrected chi connectivity index (χ4v) is 3.95. The molecule has 2 atom stereocenters. The minimum absolute atomic E-state index is 0. The van der Waals surface area contributed by atoms with E-state index in [1.807, 2.05) is 13.8 Å². The van der Waals surface area contributed by atoms with Crippen molar-refractivity contribution in [2.24, 2.45) is 0 Å². The molecular formula is C22H31N. The molecule has 0 aromatic heterocycles. The quantitative estimate of drug-likeness (QED) is 0.630. The van der Waals surface area contributed by atoms with Gasteiger partial charge in [0.15, 0.2) is 0 Å². The number of nitrogens with zero attached hydrogens (tertiary/aromatic N) is 1. The lowest BCUT2D eigenvalue weighted by Gasteiger charge is -2.37. The van der Waals surface area contributed by atoms with Gasteiger partial charge in [0, 0.05) is 18.5 Å². The Hall–Kier alpha value is -1.60. The van der Waals surface area contributed by atoms with Crippen LogP contribution < -0.4 is 0 Å². The standard InChI is InChI=1S/C19H21N.C2H6.CH4/c1-14-8-10-15(11-9-14)18-13-20-12-4-7-19(20)17-6-3-2-5-16(17)18;1-2;/h2-3,5-6,8-11,18-19H,4,7,12-13H2,1H3;1-2H3;1H4/t18-,19?;;/m0../s1. The maximum Gasteiger partial charge on any atom is 0.0351 e. The molecule has 0 aliphatic carbocycles. The molecule has 1 heteroatoms. The number of hydrogen-bond acceptors (Lipinski definition) is 1. The van der Waals surface area contributed by atoms with E-state index in [1.165, 1.54) is 37.1 Å². The highest BCUT2D eigenvalue weighted by molar-refractivity contribution is 5.43. The lowest BCUT2D eigenvalue weighted by atomic mass is 9.81. The van der Waals surface area contributed by atoms with Crippen molar-refractivity contribution in [1.29, 1.82) is 0 Å². The molecule has 1 saturated heterocycles. The van der Waals surface area contributed by atoms with Crippen molar-refractivity contribution in [3.05, 3.63) is 70.8 Å². The zero-order valence-electron chi connectivity index (χ0n) is 14.0. The van der Waals surface area contributed by atoms with Crippen LogP contribution in [-0.2, 0) is 0 Å². The molecule has 23 heavy (non-hydrogen) atoms. The molecule has 1 nitrogen and oxygen atoms in total. The molecule has 2 heterocycles. The first kappa shape index (κ1) is 17.7. The number of benzene rings is 2. The molecule has 2 aliphatic rings. The monoisotopic (exact) mass is 309 g/mol. The predicted octanol–water partition coefficient (Wildman–Crippen LogP) is 5.94. The van der Waals surface area contributed by atoms with E-state index in [4.69, 9.17) is 0 Å². The second-order valence-corrected chi connectivity index (χ2v) is 6.25. The third-order valence-corrected chi connectivity index (χ3v) is 4.99. The van der Waals surface area contributed by atoms with Gasteiger partial charge < -0.3 is 0 Å². The van der Waals surface area contributed by atoms with E-state index >= 15 is 0 Å². The van der Waals surface area contributed by atoms with Gasteiger partial charge in [0.1, 0.15) is 0 Å². The summed E-state index contributed by atoms with van der Waals surface area (Å²) in [5.74, 6) is 0.543. The molecule has 2 aliphatic heterocycles. The molecule has 4 rings (SSSR count). The van der Waals surface area contributed by atoms with E-state index in [1.54, 1.807) is 11.1 Å². The topological polar surface area (TPSA) is 3.24 Å². The van der Waals surface area contributed by atoms with E-state index in [9.17, 15) is 0 Å². The van der Waals surface area contributed by atoms with E-state index in [0.717, 1.165) is 0 Å². The van der Waals surface area contributed by atoms with Gasteiger partial charge in [-0.2, -0.15) is 0 Å². The van der Waals surface area contributed by atoms with Gasteiger partial charge in [-0.05, 0) is 43.0 Å². The lowest BCUT2D eigenvalue weighted by molar-refractivity contribution is 0.230. The Morgan fingerprint density at radius 1 is 0.913 bits per heavy atom. The summed E-state index contributed by atoms with van der Waals surface area (Å²) in [5, 5.41) is 0. The highest BCUT2D eigenvalue weighted by Gasteiger charge is 2.35. The summed E-state index contributed by atoms with van der Waals surface area (Å²) in [6, 6.07) is 18.9. The molecule has 2 aromatic rings. The first-order valence-electron chi connectivity index (χ1n) is 8.72. The summed E-state index contributed by atoms with van der Waals surface area (Å²) >= 11 is 0. The number of fused-ring (bicyclic) bond motifs is 3. The Morgan fingerprint density at radius 3 is 2.26 bits per heavy atom. The van der Waals surface area contributed by atoms with Crippen LogP contribution in [0.4, 0.5) is 0 Å². The van der Waals surface area contributed by atoms with Gasteiger partial charge >= 0.3 is 0 Å². The highest BCUT2D eigenvalue weighted by atomic mass is 15.2. The maximum absolute atomic E-state index is 2.69. The van der Waals surface area contributed by atoms with Crippen LogP contribution in [0.15, 0.2) is 48.5 Å². The minimum Gasteiger partial charge on any atom is -0.295 e. The Balaban J connectivity index is 0.000000617. The Kier molecular flexibility index (Phi) is 6.01. The van der Waals surface area contributed by atoms with E-state index in [0.29, 0.717) is 12.0 Å². The number of hydrogen-bond donors (Lipinski definition) is 0. The Bertz CT molecular complexity index is 614. The summed E-state index contributed by atoms with van der Waals surface area (Å²) in [6.07, 6.45) is 2.68. The maximum atomic E-state index is 2.69. The van der Waals surface area contributed by atoms with Crippen LogP contribution in [0.1, 0.15) is 68.3 Å². The summed E-state index contributed by atoms with van der Waals surface area (Å²) in [4.78, 5) is 2.69. The summed E-state index contributed by atoms with van der Waals surface area (Å²) in [5.41, 5.74) is 5.94. The van der Waals surface area contributed by atoms with Crippen LogP contribution in [0.3, 0.4) is 0 Å². The first-order valence-corrected chi connectivity index (χ1v) is 8.72. The van der Waals surface area contributed by atoms with Crippen molar-refractivity contribution >= 4 is 0 Å². The van der Waals surface area contributed by atoms with Crippen molar-refractivity contribution in [2.45, 2.75) is 53.0 Å². The zero-order chi connectivity index (χ0) is 15.5. The van der Waals surface area contributed by atoms with Gasteiger partial charge in [0.2, 0.25) is 0 Å². The third kappa shape index (κ3) is 3.35. The Morgan fingerprint density at radius 2 is 1.57 bits per heavy atom. The molecule has 0 bridgehead atoms. The van der Waals surface area contributed by atoms with Crippen LogP contribution in [0.5, 0.6) is 0 Å². The molecule has 0 amide bonds. The molecule has 124 valence electrons. The van der Waals surface area contributed by atoms with Gasteiger partial charge in [-0.25, -0.2) is 0 Å². The molecular weight excluding hydrogens is 278 g/mol. The van der Waals surface area contributed by atoms with Crippen LogP contribution >= 0.6 is 0 Å². The molecule has 0 radical (unpaired) electrons. The largest absolute Gasteiger partial charge is 0.295 e. The van der Waals surface area contributed by atoms with Crippen LogP contribution in [-0.4, -0.2) is 18.0 Å². The first-order chi connectivity index (χ1) is 10.8. The number of aryl methyl sites for hydroxylation is 1. The fourth-order valence-electron chi connectivity index (χ4n) is 3.95. The zero-order valence-corrected chi connectivity index (χ0v) is 14.0. The van der Waals surface area contributed by atoms with Crippen molar-refractivity contribution in [3.8, 4) is 0 Å². The van der Waals surface area contributed by atoms with Crippen molar-refractivity contribution < 1.29 is 0 Å². The molecule has 0 N–H and O–H groups in total. The normalized spacial score (nSPS) is 22.2. The lowest BCUT2D eigenvalue weighted by Crippen LogP contribution is -2.34. The average Bonchev–Trinajstić information content (AvgIpc) is 3.06. The second kappa shape index (κ2) is 7.79. The predicted molar refractivity (Wildman–Crippen MR) is 101 cm³/mol. The SMILES string of the molecule is C.CC.Cc1ccc([C@@H]2CN3CCCC3c3ccccc32)cc1. The van der Waals surface area contributed by atoms with Crippen LogP contribution in [0.2, 0.25) is 0 Å². The average molecular weight is 309 g/mol. The smallest absolute Gasteiger partial charge is 0.0351 e. The number of rotatable bonds is 1. The fraction of sp³-hybridized carbons (Fsp3) is 0.455. The van der Waals surface area contributed by atoms with Crippen molar-refractivity contribution in [3.63, 3.8) is 0 Å². The highest BCUT2D eigenvalue weighted by Crippen LogP contribution is 2.43. The molecule has 0 saturated carbocycles. The minimum atomic E-state index is 0. The van der Waals surface area contributed by atoms with Gasteiger partial charge in [0.05, 0.1) is 0 Å². The molecule has 1 unspecified atom stereocenters. The van der Waals surface area contributed by atoms with Crippen LogP contribution in [0, 0.1) is 6.92 Å². The molecule has 2 aromatic carbocycles. The third-order valence-electron chi connectivity index (χ3n) is 4.99. The van der Waals surface area contributed by atoms with E-state index in [2.05, 4.69) is 60.4 Å². The van der Waals surface area contributed by atoms with E-state index in [-0.39, 0.29) is 7.43 Å². The van der Waals surface area contributed by atoms with Gasteiger partial charge in [-0.1, -0.05) is 75.4 Å². The van der Waals surface area contributed by atoms with Crippen LogP contribution in [0.25, 0.3) is 0 Å². The summed E-state index contributed by atoms with van der Waals surface area (Å²) in [7, 11) is 0. The Labute approximate surface area is 142 Å². The second-order valence-electron chi connectivity index (χ2n) is 6.25. The van der Waals surface area contributed by atoms with Crippen molar-refractivity contribution in [1.82, 2.24) is 4.90 Å². The molecule has 0 spiro atoms. The van der Waals surface area contributed by atoms with Crippen molar-refractivity contribution in [2.75, 3.05) is 13.1 Å². The van der Waals surface area contributed by atoms with E-state index < -0.39 is 0 Å².